The summed E-state index contributed by atoms with van der Waals surface area (Å²) in [6.07, 6.45) is 2.64. The molecule has 7 heteroatoms. The van der Waals surface area contributed by atoms with E-state index in [4.69, 9.17) is 4.74 Å². The average molecular weight is 411 g/mol. The van der Waals surface area contributed by atoms with Crippen LogP contribution >= 0.6 is 11.8 Å². The predicted molar refractivity (Wildman–Crippen MR) is 117 cm³/mol. The van der Waals surface area contributed by atoms with Gasteiger partial charge < -0.3 is 10.1 Å². The number of hydrogen-bond donors (Lipinski definition) is 1. The topological polar surface area (TPSA) is 69.0 Å². The Kier molecular flexibility index (Phi) is 6.93. The van der Waals surface area contributed by atoms with E-state index in [9.17, 15) is 4.79 Å². The maximum atomic E-state index is 12.9. The van der Waals surface area contributed by atoms with E-state index in [1.54, 1.807) is 13.4 Å². The molecule has 6 nitrogen and oxygen atoms in total. The van der Waals surface area contributed by atoms with Crippen molar-refractivity contribution in [1.82, 2.24) is 14.8 Å². The number of carbonyl (C=O) groups is 1. The van der Waals surface area contributed by atoms with E-state index >= 15 is 0 Å². The van der Waals surface area contributed by atoms with E-state index in [0.717, 1.165) is 23.4 Å². The van der Waals surface area contributed by atoms with Crippen LogP contribution in [0.2, 0.25) is 0 Å². The summed E-state index contributed by atoms with van der Waals surface area (Å²) in [6, 6.07) is 15.6. The lowest BCUT2D eigenvalue weighted by Crippen LogP contribution is -2.23. The van der Waals surface area contributed by atoms with Gasteiger partial charge in [-0.3, -0.25) is 9.36 Å². The van der Waals surface area contributed by atoms with Crippen LogP contribution in [-0.4, -0.2) is 33.0 Å². The Labute approximate surface area is 175 Å². The van der Waals surface area contributed by atoms with Gasteiger partial charge in [0, 0.05) is 5.69 Å². The normalized spacial score (nSPS) is 13.0. The Bertz CT molecular complexity index is 973. The minimum absolute atomic E-state index is 0.0691. The predicted octanol–water partition coefficient (Wildman–Crippen LogP) is 4.91. The molecular formula is C22H26N4O2S. The summed E-state index contributed by atoms with van der Waals surface area (Å²) in [6.45, 7) is 6.18. The zero-order valence-corrected chi connectivity index (χ0v) is 17.9. The van der Waals surface area contributed by atoms with Crippen LogP contribution in [0.25, 0.3) is 5.69 Å². The number of amides is 1. The summed E-state index contributed by atoms with van der Waals surface area (Å²) >= 11 is 1.36. The summed E-state index contributed by atoms with van der Waals surface area (Å²) in [5, 5.41) is 11.6. The van der Waals surface area contributed by atoms with Crippen molar-refractivity contribution in [3.63, 3.8) is 0 Å². The summed E-state index contributed by atoms with van der Waals surface area (Å²) in [5.41, 5.74) is 2.85. The van der Waals surface area contributed by atoms with Crippen LogP contribution in [0.5, 0.6) is 5.75 Å². The number of ether oxygens (including phenoxy) is 1. The molecule has 0 fully saturated rings. The minimum Gasteiger partial charge on any atom is -0.495 e. The number of carbonyl (C=O) groups excluding carboxylic acids is 1. The molecule has 0 aliphatic rings. The number of aromatic nitrogens is 3. The van der Waals surface area contributed by atoms with Gasteiger partial charge in [0.2, 0.25) is 5.91 Å². The molecule has 1 heterocycles. The van der Waals surface area contributed by atoms with Gasteiger partial charge in [-0.1, -0.05) is 55.9 Å². The van der Waals surface area contributed by atoms with Gasteiger partial charge in [0.15, 0.2) is 5.16 Å². The van der Waals surface area contributed by atoms with Crippen molar-refractivity contribution in [2.45, 2.75) is 43.5 Å². The molecule has 1 aromatic heterocycles. The fourth-order valence-electron chi connectivity index (χ4n) is 3.01. The Morgan fingerprint density at radius 3 is 2.66 bits per heavy atom. The highest BCUT2D eigenvalue weighted by molar-refractivity contribution is 8.00. The van der Waals surface area contributed by atoms with Crippen molar-refractivity contribution in [3.05, 3.63) is 60.4 Å². The SMILES string of the molecule is CC[C@@H](C)c1ccccc1NC(=O)[C@@H](C)Sc1nncn1-c1ccccc1OC. The van der Waals surface area contributed by atoms with Gasteiger partial charge in [-0.05, 0) is 43.0 Å². The molecule has 3 rings (SSSR count). The molecular weight excluding hydrogens is 384 g/mol. The number of benzene rings is 2. The van der Waals surface area contributed by atoms with Crippen LogP contribution in [-0.2, 0) is 4.79 Å². The number of nitrogens with one attached hydrogen (secondary N) is 1. The molecule has 2 atom stereocenters. The summed E-state index contributed by atoms with van der Waals surface area (Å²) in [5.74, 6) is 1.03. The first-order chi connectivity index (χ1) is 14.0. The van der Waals surface area contributed by atoms with Crippen molar-refractivity contribution in [1.29, 1.82) is 0 Å². The fraction of sp³-hybridized carbons (Fsp3) is 0.318. The van der Waals surface area contributed by atoms with Crippen molar-refractivity contribution in [2.24, 2.45) is 0 Å². The van der Waals surface area contributed by atoms with Crippen LogP contribution in [0.15, 0.2) is 60.0 Å². The monoisotopic (exact) mass is 410 g/mol. The van der Waals surface area contributed by atoms with E-state index in [0.29, 0.717) is 16.8 Å². The molecule has 0 aliphatic carbocycles. The molecule has 1 N–H and O–H groups in total. The standard InChI is InChI=1S/C22H26N4O2S/c1-5-15(2)17-10-6-7-11-18(17)24-21(27)16(3)29-22-25-23-14-26(22)19-12-8-9-13-20(19)28-4/h6-16H,5H2,1-4H3,(H,24,27)/t15-,16-/m1/s1. The summed E-state index contributed by atoms with van der Waals surface area (Å²) < 4.78 is 7.27. The number of rotatable bonds is 8. The van der Waals surface area contributed by atoms with Crippen LogP contribution in [0.4, 0.5) is 5.69 Å². The van der Waals surface area contributed by atoms with Gasteiger partial charge in [-0.2, -0.15) is 0 Å². The highest BCUT2D eigenvalue weighted by atomic mass is 32.2. The molecule has 1 amide bonds. The van der Waals surface area contributed by atoms with Crippen LogP contribution in [0, 0.1) is 0 Å². The third-order valence-electron chi connectivity index (χ3n) is 4.87. The van der Waals surface area contributed by atoms with E-state index < -0.39 is 0 Å². The molecule has 0 saturated heterocycles. The lowest BCUT2D eigenvalue weighted by molar-refractivity contribution is -0.115. The Hall–Kier alpha value is -2.80. The average Bonchev–Trinajstić information content (AvgIpc) is 3.21. The van der Waals surface area contributed by atoms with E-state index in [1.807, 2.05) is 54.0 Å². The van der Waals surface area contributed by atoms with Crippen molar-refractivity contribution >= 4 is 23.4 Å². The highest BCUT2D eigenvalue weighted by Crippen LogP contribution is 2.30. The van der Waals surface area contributed by atoms with Crippen LogP contribution in [0.3, 0.4) is 0 Å². The maximum absolute atomic E-state index is 12.9. The second kappa shape index (κ2) is 9.60. The van der Waals surface area contributed by atoms with Gasteiger partial charge in [0.25, 0.3) is 0 Å². The summed E-state index contributed by atoms with van der Waals surface area (Å²) in [4.78, 5) is 12.9. The highest BCUT2D eigenvalue weighted by Gasteiger charge is 2.21. The second-order valence-electron chi connectivity index (χ2n) is 6.80. The molecule has 0 bridgehead atoms. The molecule has 0 saturated carbocycles. The zero-order chi connectivity index (χ0) is 20.8. The molecule has 29 heavy (non-hydrogen) atoms. The number of anilines is 1. The molecule has 0 radical (unpaired) electrons. The first-order valence-electron chi connectivity index (χ1n) is 9.65. The van der Waals surface area contributed by atoms with Crippen molar-refractivity contribution in [3.8, 4) is 11.4 Å². The first kappa shape index (κ1) is 20.9. The molecule has 0 aliphatic heterocycles. The zero-order valence-electron chi connectivity index (χ0n) is 17.1. The van der Waals surface area contributed by atoms with Gasteiger partial charge >= 0.3 is 0 Å². The van der Waals surface area contributed by atoms with Crippen LogP contribution in [0.1, 0.15) is 38.7 Å². The molecule has 2 aromatic carbocycles. The summed E-state index contributed by atoms with van der Waals surface area (Å²) in [7, 11) is 1.63. The Balaban J connectivity index is 1.76. The van der Waals surface area contributed by atoms with E-state index in [-0.39, 0.29) is 11.2 Å². The number of methoxy groups -OCH3 is 1. The van der Waals surface area contributed by atoms with Gasteiger partial charge in [-0.15, -0.1) is 10.2 Å². The maximum Gasteiger partial charge on any atom is 0.237 e. The van der Waals surface area contributed by atoms with E-state index in [1.165, 1.54) is 11.8 Å². The number of nitrogens with zero attached hydrogens (tertiary/aromatic N) is 3. The largest absolute Gasteiger partial charge is 0.495 e. The molecule has 0 spiro atoms. The van der Waals surface area contributed by atoms with Crippen molar-refractivity contribution < 1.29 is 9.53 Å². The van der Waals surface area contributed by atoms with Gasteiger partial charge in [0.1, 0.15) is 12.1 Å². The number of para-hydroxylation sites is 3. The smallest absolute Gasteiger partial charge is 0.237 e. The van der Waals surface area contributed by atoms with Crippen molar-refractivity contribution in [2.75, 3.05) is 12.4 Å². The van der Waals surface area contributed by atoms with E-state index in [2.05, 4.69) is 35.4 Å². The van der Waals surface area contributed by atoms with Gasteiger partial charge in [0.05, 0.1) is 18.0 Å². The molecule has 3 aromatic rings. The fourth-order valence-corrected chi connectivity index (χ4v) is 3.84. The lowest BCUT2D eigenvalue weighted by Gasteiger charge is -2.18. The Morgan fingerprint density at radius 2 is 1.90 bits per heavy atom. The quantitative estimate of drug-likeness (QED) is 0.535. The van der Waals surface area contributed by atoms with Crippen LogP contribution < -0.4 is 10.1 Å². The molecule has 0 unspecified atom stereocenters. The molecule has 152 valence electrons. The van der Waals surface area contributed by atoms with Gasteiger partial charge in [-0.25, -0.2) is 0 Å². The second-order valence-corrected chi connectivity index (χ2v) is 8.11. The minimum atomic E-state index is -0.349. The number of thioether (sulfide) groups is 1. The lowest BCUT2D eigenvalue weighted by atomic mass is 9.97. The first-order valence-corrected chi connectivity index (χ1v) is 10.5. The Morgan fingerprint density at radius 1 is 1.17 bits per heavy atom. The third-order valence-corrected chi connectivity index (χ3v) is 5.93. The third kappa shape index (κ3) is 4.79. The number of hydrogen-bond acceptors (Lipinski definition) is 5.